The van der Waals surface area contributed by atoms with Crippen LogP contribution in [0.3, 0.4) is 0 Å². The Morgan fingerprint density at radius 2 is 1.00 bits per heavy atom. The van der Waals surface area contributed by atoms with Gasteiger partial charge in [0.2, 0.25) is 0 Å². The zero-order valence-electron chi connectivity index (χ0n) is 17.4. The quantitative estimate of drug-likeness (QED) is 0.254. The number of hydrogen-bond donors (Lipinski definition) is 2. The minimum Gasteiger partial charge on any atom is -0.394 e. The summed E-state index contributed by atoms with van der Waals surface area (Å²) in [5, 5.41) is 17.7. The molecular formula is C22H46O4. The van der Waals surface area contributed by atoms with E-state index >= 15 is 0 Å². The van der Waals surface area contributed by atoms with E-state index < -0.39 is 6.10 Å². The first-order valence-electron chi connectivity index (χ1n) is 11.3. The summed E-state index contributed by atoms with van der Waals surface area (Å²) < 4.78 is 10.8. The summed E-state index contributed by atoms with van der Waals surface area (Å²) >= 11 is 0. The average Bonchev–Trinajstić information content (AvgIpc) is 2.66. The Bertz CT molecular complexity index is 248. The molecule has 0 saturated carbocycles. The van der Waals surface area contributed by atoms with Crippen LogP contribution in [-0.4, -0.2) is 49.4 Å². The summed E-state index contributed by atoms with van der Waals surface area (Å²) in [7, 11) is 0. The Kier molecular flexibility index (Phi) is 22.7. The van der Waals surface area contributed by atoms with Crippen LogP contribution in [0.25, 0.3) is 0 Å². The van der Waals surface area contributed by atoms with Crippen molar-refractivity contribution in [2.75, 3.05) is 33.0 Å². The van der Waals surface area contributed by atoms with E-state index in [-0.39, 0.29) is 13.2 Å². The fourth-order valence-electron chi connectivity index (χ4n) is 3.04. The van der Waals surface area contributed by atoms with E-state index in [1.165, 1.54) is 83.5 Å². The molecule has 0 radical (unpaired) electrons. The molecule has 0 heterocycles. The van der Waals surface area contributed by atoms with Crippen molar-refractivity contribution in [2.24, 2.45) is 0 Å². The number of ether oxygens (including phenoxy) is 2. The Labute approximate surface area is 162 Å². The lowest BCUT2D eigenvalue weighted by atomic mass is 10.0. The molecule has 158 valence electrons. The predicted octanol–water partition coefficient (Wildman–Crippen LogP) is 5.24. The van der Waals surface area contributed by atoms with Gasteiger partial charge in [-0.15, -0.1) is 0 Å². The Hall–Kier alpha value is -0.160. The van der Waals surface area contributed by atoms with Gasteiger partial charge in [-0.2, -0.15) is 0 Å². The number of rotatable bonds is 22. The first kappa shape index (κ1) is 25.8. The van der Waals surface area contributed by atoms with Crippen LogP contribution >= 0.6 is 0 Å². The Morgan fingerprint density at radius 1 is 0.577 bits per heavy atom. The average molecular weight is 375 g/mol. The first-order chi connectivity index (χ1) is 12.8. The van der Waals surface area contributed by atoms with Crippen molar-refractivity contribution in [1.82, 2.24) is 0 Å². The molecule has 0 aliphatic carbocycles. The molecule has 0 aromatic rings. The lowest BCUT2D eigenvalue weighted by molar-refractivity contribution is -0.000537. The standard InChI is InChI=1S/C22H46O4/c1-2-3-4-5-6-7-8-9-10-11-12-13-14-15-17-25-18-16-19-26-21-22(24)20-23/h22-24H,2-21H2,1H3. The summed E-state index contributed by atoms with van der Waals surface area (Å²) in [5.74, 6) is 0. The third-order valence-electron chi connectivity index (χ3n) is 4.74. The fraction of sp³-hybridized carbons (Fsp3) is 1.00. The van der Waals surface area contributed by atoms with E-state index in [1.807, 2.05) is 0 Å². The van der Waals surface area contributed by atoms with Crippen LogP contribution in [-0.2, 0) is 9.47 Å². The summed E-state index contributed by atoms with van der Waals surface area (Å²) in [5.41, 5.74) is 0. The number of hydrogen-bond acceptors (Lipinski definition) is 4. The normalized spacial score (nSPS) is 12.6. The Morgan fingerprint density at radius 3 is 1.50 bits per heavy atom. The second-order valence-electron chi connectivity index (χ2n) is 7.47. The summed E-state index contributed by atoms with van der Waals surface area (Å²) in [6, 6.07) is 0. The topological polar surface area (TPSA) is 58.9 Å². The fourth-order valence-corrected chi connectivity index (χ4v) is 3.04. The van der Waals surface area contributed by atoms with Crippen LogP contribution in [0.1, 0.15) is 103 Å². The van der Waals surface area contributed by atoms with Crippen molar-refractivity contribution in [3.8, 4) is 0 Å². The molecule has 0 rings (SSSR count). The molecule has 0 spiro atoms. The van der Waals surface area contributed by atoms with Crippen molar-refractivity contribution in [1.29, 1.82) is 0 Å². The summed E-state index contributed by atoms with van der Waals surface area (Å²) in [6.07, 6.45) is 19.4. The van der Waals surface area contributed by atoms with Crippen molar-refractivity contribution in [3.05, 3.63) is 0 Å². The molecule has 26 heavy (non-hydrogen) atoms. The van der Waals surface area contributed by atoms with Crippen LogP contribution in [0.4, 0.5) is 0 Å². The van der Waals surface area contributed by atoms with E-state index in [0.717, 1.165) is 19.4 Å². The zero-order chi connectivity index (χ0) is 19.1. The largest absolute Gasteiger partial charge is 0.394 e. The molecule has 4 nitrogen and oxygen atoms in total. The first-order valence-corrected chi connectivity index (χ1v) is 11.3. The lowest BCUT2D eigenvalue weighted by Gasteiger charge is -2.08. The van der Waals surface area contributed by atoms with Gasteiger partial charge in [0.15, 0.2) is 0 Å². The highest BCUT2D eigenvalue weighted by atomic mass is 16.5. The maximum atomic E-state index is 9.10. The Balaban J connectivity index is 2.99. The number of unbranched alkanes of at least 4 members (excludes halogenated alkanes) is 13. The van der Waals surface area contributed by atoms with Gasteiger partial charge in [0.25, 0.3) is 0 Å². The third kappa shape index (κ3) is 21.9. The lowest BCUT2D eigenvalue weighted by Crippen LogP contribution is -2.20. The van der Waals surface area contributed by atoms with E-state index in [1.54, 1.807) is 0 Å². The van der Waals surface area contributed by atoms with E-state index in [0.29, 0.717) is 13.2 Å². The molecule has 0 aliphatic rings. The van der Waals surface area contributed by atoms with Gasteiger partial charge in [-0.3, -0.25) is 0 Å². The molecular weight excluding hydrogens is 328 g/mol. The monoisotopic (exact) mass is 374 g/mol. The second-order valence-corrected chi connectivity index (χ2v) is 7.47. The highest BCUT2D eigenvalue weighted by Crippen LogP contribution is 2.12. The molecule has 0 fully saturated rings. The zero-order valence-corrected chi connectivity index (χ0v) is 17.4. The van der Waals surface area contributed by atoms with Gasteiger partial charge < -0.3 is 19.7 Å². The van der Waals surface area contributed by atoms with Gasteiger partial charge in [-0.1, -0.05) is 90.4 Å². The van der Waals surface area contributed by atoms with Crippen LogP contribution in [0.5, 0.6) is 0 Å². The van der Waals surface area contributed by atoms with Gasteiger partial charge in [0.1, 0.15) is 6.10 Å². The van der Waals surface area contributed by atoms with Crippen molar-refractivity contribution in [3.63, 3.8) is 0 Å². The van der Waals surface area contributed by atoms with Gasteiger partial charge in [-0.05, 0) is 12.8 Å². The van der Waals surface area contributed by atoms with Crippen molar-refractivity contribution >= 4 is 0 Å². The maximum absolute atomic E-state index is 9.10. The molecule has 0 bridgehead atoms. The molecule has 4 heteroatoms. The van der Waals surface area contributed by atoms with Gasteiger partial charge >= 0.3 is 0 Å². The summed E-state index contributed by atoms with van der Waals surface area (Å²) in [4.78, 5) is 0. The minimum absolute atomic E-state index is 0.204. The van der Waals surface area contributed by atoms with Gasteiger partial charge in [-0.25, -0.2) is 0 Å². The molecule has 0 saturated heterocycles. The molecule has 0 aromatic heterocycles. The highest BCUT2D eigenvalue weighted by molar-refractivity contribution is 4.50. The predicted molar refractivity (Wildman–Crippen MR) is 110 cm³/mol. The smallest absolute Gasteiger partial charge is 0.100 e. The minimum atomic E-state index is -0.758. The van der Waals surface area contributed by atoms with Gasteiger partial charge in [0.05, 0.1) is 13.2 Å². The summed E-state index contributed by atoms with van der Waals surface area (Å²) in [6.45, 7) is 4.38. The maximum Gasteiger partial charge on any atom is 0.100 e. The van der Waals surface area contributed by atoms with Crippen LogP contribution in [0.15, 0.2) is 0 Å². The SMILES string of the molecule is CCCCCCCCCCCCCCCCOCCCOCC(O)CO. The van der Waals surface area contributed by atoms with E-state index in [2.05, 4.69) is 6.92 Å². The molecule has 1 unspecified atom stereocenters. The van der Waals surface area contributed by atoms with Crippen molar-refractivity contribution in [2.45, 2.75) is 109 Å². The van der Waals surface area contributed by atoms with Crippen molar-refractivity contribution < 1.29 is 19.7 Å². The second kappa shape index (κ2) is 22.9. The molecule has 1 atom stereocenters. The number of aliphatic hydroxyl groups is 2. The molecule has 0 aliphatic heterocycles. The molecule has 0 amide bonds. The highest BCUT2D eigenvalue weighted by Gasteiger charge is 2.00. The van der Waals surface area contributed by atoms with E-state index in [9.17, 15) is 0 Å². The third-order valence-corrected chi connectivity index (χ3v) is 4.74. The molecule has 0 aromatic carbocycles. The number of aliphatic hydroxyl groups excluding tert-OH is 2. The van der Waals surface area contributed by atoms with Crippen LogP contribution in [0, 0.1) is 0 Å². The molecule has 2 N–H and O–H groups in total. The van der Waals surface area contributed by atoms with Crippen LogP contribution in [0.2, 0.25) is 0 Å². The van der Waals surface area contributed by atoms with Gasteiger partial charge in [0, 0.05) is 19.8 Å². The van der Waals surface area contributed by atoms with E-state index in [4.69, 9.17) is 19.7 Å². The van der Waals surface area contributed by atoms with Crippen LogP contribution < -0.4 is 0 Å².